The fourth-order valence-electron chi connectivity index (χ4n) is 1.86. The van der Waals surface area contributed by atoms with Crippen molar-refractivity contribution in [3.05, 3.63) is 58.9 Å². The van der Waals surface area contributed by atoms with Gasteiger partial charge in [-0.2, -0.15) is 0 Å². The maximum absolute atomic E-state index is 11.3. The topological polar surface area (TPSA) is 65.5 Å². The summed E-state index contributed by atoms with van der Waals surface area (Å²) in [6.07, 6.45) is 2.19. The van der Waals surface area contributed by atoms with Gasteiger partial charge in [-0.05, 0) is 30.7 Å². The Hall–Kier alpha value is -2.69. The number of hydrogen-bond acceptors (Lipinski definition) is 5. The van der Waals surface area contributed by atoms with Crippen LogP contribution in [-0.2, 0) is 11.3 Å². The number of esters is 1. The number of nitrogens with zero attached hydrogens (tertiary/aromatic N) is 1. The van der Waals surface area contributed by atoms with Crippen molar-refractivity contribution in [1.82, 2.24) is 4.98 Å². The zero-order chi connectivity index (χ0) is 15.2. The molecule has 1 heterocycles. The molecule has 0 bridgehead atoms. The molecule has 108 valence electrons. The summed E-state index contributed by atoms with van der Waals surface area (Å²) in [6.45, 7) is 2.09. The highest BCUT2D eigenvalue weighted by atomic mass is 16.5. The van der Waals surface area contributed by atoms with E-state index in [9.17, 15) is 9.59 Å². The van der Waals surface area contributed by atoms with Crippen molar-refractivity contribution in [2.45, 2.75) is 13.5 Å². The molecular formula is C16H15NO4. The van der Waals surface area contributed by atoms with Gasteiger partial charge in [-0.3, -0.25) is 9.78 Å². The Morgan fingerprint density at radius 1 is 1.29 bits per heavy atom. The van der Waals surface area contributed by atoms with Crippen LogP contribution < -0.4 is 4.74 Å². The van der Waals surface area contributed by atoms with E-state index < -0.39 is 5.97 Å². The Morgan fingerprint density at radius 2 is 2.10 bits per heavy atom. The number of pyridine rings is 1. The number of para-hydroxylation sites is 1. The molecule has 0 N–H and O–H groups in total. The van der Waals surface area contributed by atoms with Gasteiger partial charge < -0.3 is 9.47 Å². The number of aromatic nitrogens is 1. The highest BCUT2D eigenvalue weighted by Gasteiger charge is 2.08. The molecule has 1 aromatic heterocycles. The molecule has 0 fully saturated rings. The van der Waals surface area contributed by atoms with E-state index in [0.717, 1.165) is 11.8 Å². The van der Waals surface area contributed by atoms with Crippen molar-refractivity contribution in [2.75, 3.05) is 7.11 Å². The molecule has 0 saturated heterocycles. The summed E-state index contributed by atoms with van der Waals surface area (Å²) in [6, 6.07) is 8.68. The minimum Gasteiger partial charge on any atom is -0.486 e. The molecule has 0 spiro atoms. The minimum atomic E-state index is -0.433. The Bertz CT molecular complexity index is 650. The Kier molecular flexibility index (Phi) is 4.66. The predicted octanol–water partition coefficient (Wildman–Crippen LogP) is 2.57. The number of benzene rings is 1. The van der Waals surface area contributed by atoms with Crippen LogP contribution in [0, 0.1) is 6.92 Å². The van der Waals surface area contributed by atoms with Crippen LogP contribution in [0.25, 0.3) is 0 Å². The van der Waals surface area contributed by atoms with Gasteiger partial charge in [-0.1, -0.05) is 12.1 Å². The third-order valence-electron chi connectivity index (χ3n) is 2.98. The second-order valence-corrected chi connectivity index (χ2v) is 4.43. The fourth-order valence-corrected chi connectivity index (χ4v) is 1.86. The zero-order valence-electron chi connectivity index (χ0n) is 11.8. The maximum atomic E-state index is 11.3. The van der Waals surface area contributed by atoms with Crippen LogP contribution in [0.1, 0.15) is 32.0 Å². The lowest BCUT2D eigenvalue weighted by atomic mass is 10.1. The van der Waals surface area contributed by atoms with Crippen LogP contribution in [-0.4, -0.2) is 24.3 Å². The van der Waals surface area contributed by atoms with Crippen LogP contribution in [0.5, 0.6) is 5.75 Å². The highest BCUT2D eigenvalue weighted by molar-refractivity contribution is 5.88. The molecular weight excluding hydrogens is 270 g/mol. The van der Waals surface area contributed by atoms with Gasteiger partial charge in [-0.25, -0.2) is 4.79 Å². The van der Waals surface area contributed by atoms with Gasteiger partial charge in [0.15, 0.2) is 6.29 Å². The number of hydrogen-bond donors (Lipinski definition) is 0. The summed E-state index contributed by atoms with van der Waals surface area (Å²) in [5.74, 6) is 0.114. The lowest BCUT2D eigenvalue weighted by molar-refractivity contribution is 0.0600. The average Bonchev–Trinajstić information content (AvgIpc) is 2.53. The van der Waals surface area contributed by atoms with E-state index in [0.29, 0.717) is 22.6 Å². The minimum absolute atomic E-state index is 0.215. The van der Waals surface area contributed by atoms with Gasteiger partial charge in [0.05, 0.1) is 23.9 Å². The first-order valence-electron chi connectivity index (χ1n) is 6.36. The van der Waals surface area contributed by atoms with Crippen LogP contribution >= 0.6 is 0 Å². The number of carbonyl (C=O) groups excluding carboxylic acids is 2. The molecule has 5 nitrogen and oxygen atoms in total. The quantitative estimate of drug-likeness (QED) is 0.624. The number of ether oxygens (including phenoxy) is 2. The molecule has 0 atom stereocenters. The molecule has 21 heavy (non-hydrogen) atoms. The van der Waals surface area contributed by atoms with Crippen molar-refractivity contribution in [3.8, 4) is 5.75 Å². The van der Waals surface area contributed by atoms with E-state index in [1.54, 1.807) is 24.3 Å². The molecule has 0 aliphatic carbocycles. The molecule has 0 amide bonds. The SMILES string of the molecule is COC(=O)c1ccc(COc2c(C)cccc2C=O)nc1. The van der Waals surface area contributed by atoms with Crippen molar-refractivity contribution in [3.63, 3.8) is 0 Å². The second kappa shape index (κ2) is 6.65. The van der Waals surface area contributed by atoms with Gasteiger partial charge in [0.2, 0.25) is 0 Å². The monoisotopic (exact) mass is 285 g/mol. The summed E-state index contributed by atoms with van der Waals surface area (Å²) in [5, 5.41) is 0. The first kappa shape index (κ1) is 14.7. The Balaban J connectivity index is 2.10. The standard InChI is InChI=1S/C16H15NO4/c1-11-4-3-5-13(9-18)15(11)21-10-14-7-6-12(8-17-14)16(19)20-2/h3-9H,10H2,1-2H3. The summed E-state index contributed by atoms with van der Waals surface area (Å²) in [5.41, 5.74) is 2.42. The molecule has 0 aliphatic heterocycles. The smallest absolute Gasteiger partial charge is 0.339 e. The highest BCUT2D eigenvalue weighted by Crippen LogP contribution is 2.22. The number of aryl methyl sites for hydroxylation is 1. The molecule has 0 saturated carbocycles. The molecule has 2 aromatic rings. The van der Waals surface area contributed by atoms with E-state index in [-0.39, 0.29) is 6.61 Å². The second-order valence-electron chi connectivity index (χ2n) is 4.43. The largest absolute Gasteiger partial charge is 0.486 e. The van der Waals surface area contributed by atoms with Crippen LogP contribution in [0.2, 0.25) is 0 Å². The van der Waals surface area contributed by atoms with Crippen molar-refractivity contribution in [2.24, 2.45) is 0 Å². The van der Waals surface area contributed by atoms with Gasteiger partial charge in [0, 0.05) is 6.20 Å². The molecule has 5 heteroatoms. The van der Waals surface area contributed by atoms with Crippen LogP contribution in [0.4, 0.5) is 0 Å². The van der Waals surface area contributed by atoms with Crippen molar-refractivity contribution in [1.29, 1.82) is 0 Å². The van der Waals surface area contributed by atoms with Gasteiger partial charge >= 0.3 is 5.97 Å². The Labute approximate surface area is 122 Å². The van der Waals surface area contributed by atoms with E-state index in [4.69, 9.17) is 4.74 Å². The molecule has 2 rings (SSSR count). The van der Waals surface area contributed by atoms with E-state index >= 15 is 0 Å². The number of carbonyl (C=O) groups is 2. The zero-order valence-corrected chi connectivity index (χ0v) is 11.8. The summed E-state index contributed by atoms with van der Waals surface area (Å²) >= 11 is 0. The summed E-state index contributed by atoms with van der Waals surface area (Å²) in [4.78, 5) is 26.4. The third kappa shape index (κ3) is 3.45. The van der Waals surface area contributed by atoms with Gasteiger partial charge in [0.1, 0.15) is 12.4 Å². The van der Waals surface area contributed by atoms with Crippen LogP contribution in [0.3, 0.4) is 0 Å². The lowest BCUT2D eigenvalue weighted by Gasteiger charge is -2.11. The number of aldehydes is 1. The maximum Gasteiger partial charge on any atom is 0.339 e. The summed E-state index contributed by atoms with van der Waals surface area (Å²) < 4.78 is 10.3. The van der Waals surface area contributed by atoms with E-state index in [1.165, 1.54) is 13.3 Å². The Morgan fingerprint density at radius 3 is 2.71 bits per heavy atom. The van der Waals surface area contributed by atoms with Gasteiger partial charge in [0.25, 0.3) is 0 Å². The normalized spacial score (nSPS) is 10.0. The average molecular weight is 285 g/mol. The van der Waals surface area contributed by atoms with E-state index in [2.05, 4.69) is 9.72 Å². The first-order valence-corrected chi connectivity index (χ1v) is 6.36. The van der Waals surface area contributed by atoms with Gasteiger partial charge in [-0.15, -0.1) is 0 Å². The van der Waals surface area contributed by atoms with Crippen LogP contribution in [0.15, 0.2) is 36.5 Å². The molecule has 0 unspecified atom stereocenters. The first-order chi connectivity index (χ1) is 10.2. The third-order valence-corrected chi connectivity index (χ3v) is 2.98. The molecule has 0 radical (unpaired) electrons. The molecule has 0 aliphatic rings. The molecule has 1 aromatic carbocycles. The van der Waals surface area contributed by atoms with Crippen molar-refractivity contribution >= 4 is 12.3 Å². The fraction of sp³-hybridized carbons (Fsp3) is 0.188. The van der Waals surface area contributed by atoms with Crippen molar-refractivity contribution < 1.29 is 19.1 Å². The summed E-state index contributed by atoms with van der Waals surface area (Å²) in [7, 11) is 1.32. The predicted molar refractivity (Wildman–Crippen MR) is 76.5 cm³/mol. The lowest BCUT2D eigenvalue weighted by Crippen LogP contribution is -2.05. The van der Waals surface area contributed by atoms with E-state index in [1.807, 2.05) is 13.0 Å². The number of methoxy groups -OCH3 is 1. The number of rotatable bonds is 5.